The van der Waals surface area contributed by atoms with E-state index in [1.54, 1.807) is 0 Å². The number of fused-ring (bicyclic) bond motifs is 2. The van der Waals surface area contributed by atoms with Crippen LogP contribution in [-0.4, -0.2) is 26.2 Å². The van der Waals surface area contributed by atoms with E-state index in [2.05, 4.69) is 115 Å². The van der Waals surface area contributed by atoms with E-state index in [9.17, 15) is 0 Å². The van der Waals surface area contributed by atoms with Crippen LogP contribution in [0.4, 0.5) is 11.4 Å². The minimum Gasteiger partial charge on any atom is -0.370 e. The van der Waals surface area contributed by atoms with Crippen molar-refractivity contribution in [2.24, 2.45) is 0 Å². The van der Waals surface area contributed by atoms with Gasteiger partial charge in [0, 0.05) is 71.4 Å². The van der Waals surface area contributed by atoms with Crippen LogP contribution in [0.25, 0.3) is 20.4 Å². The summed E-state index contributed by atoms with van der Waals surface area (Å²) in [5, 5.41) is 4.47. The fourth-order valence-corrected chi connectivity index (χ4v) is 10.4. The Morgan fingerprint density at radius 1 is 0.523 bits per heavy atom. The zero-order valence-corrected chi connectivity index (χ0v) is 28.0. The van der Waals surface area contributed by atoms with E-state index >= 15 is 0 Å². The number of hydrogen-bond acceptors (Lipinski definition) is 6. The maximum atomic E-state index is 2.55. The molecule has 8 rings (SSSR count). The van der Waals surface area contributed by atoms with E-state index in [-0.39, 0.29) is 0 Å². The highest BCUT2D eigenvalue weighted by Crippen LogP contribution is 2.38. The molecule has 4 nitrogen and oxygen atoms in total. The number of anilines is 2. The molecule has 0 atom stereocenters. The van der Waals surface area contributed by atoms with Gasteiger partial charge in [-0.15, -0.1) is 22.7 Å². The molecule has 2 fully saturated rings. The molecule has 0 bridgehead atoms. The lowest BCUT2D eigenvalue weighted by Crippen LogP contribution is -2.35. The quantitative estimate of drug-likeness (QED) is 0.114. The Bertz CT molecular complexity index is 1740. The third kappa shape index (κ3) is 5.85. The van der Waals surface area contributed by atoms with Gasteiger partial charge in [0.25, 0.3) is 0 Å². The van der Waals surface area contributed by atoms with Gasteiger partial charge in [-0.1, -0.05) is 45.9 Å². The first-order valence-electron chi connectivity index (χ1n) is 15.6. The van der Waals surface area contributed by atoms with E-state index in [4.69, 9.17) is 0 Å². The first-order valence-corrected chi connectivity index (χ1v) is 19.5. The molecule has 2 aromatic carbocycles. The molecule has 0 aliphatic carbocycles. The van der Waals surface area contributed by atoms with Gasteiger partial charge in [0.2, 0.25) is 11.0 Å². The van der Waals surface area contributed by atoms with Crippen LogP contribution in [0.5, 0.6) is 0 Å². The van der Waals surface area contributed by atoms with Gasteiger partial charge in [0.1, 0.15) is 9.40 Å². The third-order valence-electron chi connectivity index (χ3n) is 8.88. The van der Waals surface area contributed by atoms with E-state index < -0.39 is 0 Å². The van der Waals surface area contributed by atoms with Gasteiger partial charge in [-0.2, -0.15) is 9.13 Å². The Labute approximate surface area is 275 Å². The molecule has 0 amide bonds. The summed E-state index contributed by atoms with van der Waals surface area (Å²) in [5.41, 5.74) is 8.17. The molecule has 0 saturated carbocycles. The highest BCUT2D eigenvalue weighted by atomic mass is 33.1. The Kier molecular flexibility index (Phi) is 8.24. The normalized spacial score (nSPS) is 15.3. The minimum atomic E-state index is 0.893. The lowest BCUT2D eigenvalue weighted by atomic mass is 10.2. The van der Waals surface area contributed by atoms with E-state index in [0.29, 0.717) is 0 Å². The SMILES string of the molecule is c1cc2c(s1)c(N1CCCC1)cc[n+]2Cc1ccc(SSc2ccc(C[n+]3ccc(N4CCCC4)c4sccc43)cc2)cc1. The molecule has 0 radical (unpaired) electrons. The van der Waals surface area contributed by atoms with Crippen LogP contribution in [0.3, 0.4) is 0 Å². The molecule has 0 spiro atoms. The molecule has 222 valence electrons. The van der Waals surface area contributed by atoms with Crippen molar-refractivity contribution >= 4 is 76.1 Å². The minimum absolute atomic E-state index is 0.893. The lowest BCUT2D eigenvalue weighted by Gasteiger charge is -2.17. The predicted molar refractivity (Wildman–Crippen MR) is 190 cm³/mol. The van der Waals surface area contributed by atoms with Crippen LogP contribution in [0.15, 0.2) is 106 Å². The van der Waals surface area contributed by atoms with Crippen molar-refractivity contribution in [3.05, 3.63) is 107 Å². The van der Waals surface area contributed by atoms with Gasteiger partial charge in [0.15, 0.2) is 25.5 Å². The van der Waals surface area contributed by atoms with Gasteiger partial charge in [0.05, 0.1) is 11.4 Å². The molecular weight excluding hydrogens is 617 g/mol. The molecule has 2 aliphatic heterocycles. The Hall–Kier alpha value is -3.04. The second-order valence-electron chi connectivity index (χ2n) is 11.8. The number of aromatic nitrogens is 2. The number of rotatable bonds is 9. The van der Waals surface area contributed by atoms with Crippen LogP contribution >= 0.6 is 44.3 Å². The number of thiophene rings is 2. The maximum absolute atomic E-state index is 2.55. The van der Waals surface area contributed by atoms with Crippen molar-refractivity contribution < 1.29 is 9.13 Å². The number of hydrogen-bond donors (Lipinski definition) is 0. The lowest BCUT2D eigenvalue weighted by molar-refractivity contribution is -0.662. The summed E-state index contributed by atoms with van der Waals surface area (Å²) in [6.45, 7) is 6.52. The summed E-state index contributed by atoms with van der Waals surface area (Å²) >= 11 is 3.74. The fourth-order valence-electron chi connectivity index (χ4n) is 6.55. The summed E-state index contributed by atoms with van der Waals surface area (Å²) in [5.74, 6) is 0. The summed E-state index contributed by atoms with van der Waals surface area (Å²) in [7, 11) is 3.66. The van der Waals surface area contributed by atoms with Crippen molar-refractivity contribution in [2.75, 3.05) is 36.0 Å². The van der Waals surface area contributed by atoms with Crippen LogP contribution < -0.4 is 18.9 Å². The van der Waals surface area contributed by atoms with Crippen molar-refractivity contribution in [1.29, 1.82) is 0 Å². The molecule has 8 heteroatoms. The van der Waals surface area contributed by atoms with E-state index in [1.807, 2.05) is 44.3 Å². The van der Waals surface area contributed by atoms with Gasteiger partial charge in [-0.3, -0.25) is 0 Å². The molecule has 0 N–H and O–H groups in total. The summed E-state index contributed by atoms with van der Waals surface area (Å²) in [6.07, 6.45) is 9.78. The number of benzene rings is 2. The molecule has 2 aliphatic rings. The fraction of sp³-hybridized carbons (Fsp3) is 0.278. The number of pyridine rings is 2. The molecule has 0 unspecified atom stereocenters. The highest BCUT2D eigenvalue weighted by molar-refractivity contribution is 8.76. The molecule has 44 heavy (non-hydrogen) atoms. The first kappa shape index (κ1) is 28.4. The Morgan fingerprint density at radius 3 is 1.34 bits per heavy atom. The van der Waals surface area contributed by atoms with Crippen LogP contribution in [0.1, 0.15) is 36.8 Å². The topological polar surface area (TPSA) is 14.2 Å². The van der Waals surface area contributed by atoms with Gasteiger partial charge in [-0.25, -0.2) is 0 Å². The number of nitrogens with zero attached hydrogens (tertiary/aromatic N) is 4. The van der Waals surface area contributed by atoms with Crippen molar-refractivity contribution in [2.45, 2.75) is 48.6 Å². The smallest absolute Gasteiger partial charge is 0.225 e. The monoisotopic (exact) mass is 652 g/mol. The third-order valence-corrected chi connectivity index (χ3v) is 13.1. The highest BCUT2D eigenvalue weighted by Gasteiger charge is 2.22. The van der Waals surface area contributed by atoms with Crippen molar-refractivity contribution in [3.63, 3.8) is 0 Å². The standard InChI is InChI=1S/C36H36N4S4/c1-2-18-37(17-1)31-13-21-39(33-15-23-41-35(31)33)25-27-5-9-29(10-6-27)43-44-30-11-7-28(8-12-30)26-40-22-14-32(38-19-3-4-20-38)36-34(40)16-24-42-36/h5-16,21-24H,1-4,17-20,25-26H2/q+2. The Morgan fingerprint density at radius 2 is 0.932 bits per heavy atom. The van der Waals surface area contributed by atoms with Gasteiger partial charge >= 0.3 is 0 Å². The van der Waals surface area contributed by atoms with Crippen LogP contribution in [0, 0.1) is 0 Å². The molecule has 4 aromatic heterocycles. The first-order chi connectivity index (χ1) is 21.8. The van der Waals surface area contributed by atoms with Crippen molar-refractivity contribution in [1.82, 2.24) is 0 Å². The van der Waals surface area contributed by atoms with Crippen LogP contribution in [-0.2, 0) is 13.1 Å². The maximum Gasteiger partial charge on any atom is 0.225 e. The largest absolute Gasteiger partial charge is 0.370 e. The van der Waals surface area contributed by atoms with Gasteiger partial charge in [-0.05, 0) is 60.7 Å². The zero-order valence-electron chi connectivity index (χ0n) is 24.7. The average Bonchev–Trinajstić information content (AvgIpc) is 3.89. The molecular formula is C36H36N4S4+2. The molecule has 6 heterocycles. The molecule has 2 saturated heterocycles. The van der Waals surface area contributed by atoms with E-state index in [1.165, 1.54) is 105 Å². The summed E-state index contributed by atoms with van der Waals surface area (Å²) in [4.78, 5) is 7.67. The summed E-state index contributed by atoms with van der Waals surface area (Å²) < 4.78 is 7.62. The second kappa shape index (κ2) is 12.8. The van der Waals surface area contributed by atoms with Crippen LogP contribution in [0.2, 0.25) is 0 Å². The predicted octanol–water partition coefficient (Wildman–Crippen LogP) is 8.79. The second-order valence-corrected chi connectivity index (χ2v) is 15.9. The van der Waals surface area contributed by atoms with Crippen molar-refractivity contribution in [3.8, 4) is 0 Å². The molecule has 6 aromatic rings. The Balaban J connectivity index is 0.891. The zero-order chi connectivity index (χ0) is 29.3. The van der Waals surface area contributed by atoms with E-state index in [0.717, 1.165) is 13.1 Å². The average molecular weight is 653 g/mol. The van der Waals surface area contributed by atoms with Gasteiger partial charge < -0.3 is 9.80 Å². The summed E-state index contributed by atoms with van der Waals surface area (Å²) in [6, 6.07) is 27.4.